The molecule has 2 amide bonds. The minimum absolute atomic E-state index is 0.146. The Labute approximate surface area is 181 Å². The van der Waals surface area contributed by atoms with E-state index in [9.17, 15) is 19.2 Å². The predicted octanol–water partition coefficient (Wildman–Crippen LogP) is 3.86. The van der Waals surface area contributed by atoms with E-state index in [-0.39, 0.29) is 29.4 Å². The number of imide groups is 1. The van der Waals surface area contributed by atoms with Gasteiger partial charge in [-0.2, -0.15) is 0 Å². The van der Waals surface area contributed by atoms with Crippen molar-refractivity contribution < 1.29 is 23.9 Å². The standard InChI is InChI=1S/C25H25NO5/c1-15(2)10-11-26-23(28)20-9-8-19(13-21(20)24(26)29)25(30)31-14-22(27)18-7-6-16-4-3-5-17(16)12-18/h6-9,12-13,15H,3-5,10-11,14H2,1-2H3. The summed E-state index contributed by atoms with van der Waals surface area (Å²) in [6.07, 6.45) is 3.81. The number of ketones is 1. The summed E-state index contributed by atoms with van der Waals surface area (Å²) in [5, 5.41) is 0. The average Bonchev–Trinajstić information content (AvgIpc) is 3.32. The van der Waals surface area contributed by atoms with E-state index in [1.807, 2.05) is 26.0 Å². The van der Waals surface area contributed by atoms with Gasteiger partial charge >= 0.3 is 5.97 Å². The van der Waals surface area contributed by atoms with Gasteiger partial charge in [-0.25, -0.2) is 4.79 Å². The average molecular weight is 419 g/mol. The molecule has 6 heteroatoms. The van der Waals surface area contributed by atoms with Gasteiger partial charge in [-0.3, -0.25) is 19.3 Å². The van der Waals surface area contributed by atoms with Crippen molar-refractivity contribution in [2.45, 2.75) is 39.5 Å². The first-order valence-electron chi connectivity index (χ1n) is 10.7. The van der Waals surface area contributed by atoms with E-state index >= 15 is 0 Å². The Morgan fingerprint density at radius 1 is 0.935 bits per heavy atom. The van der Waals surface area contributed by atoms with Gasteiger partial charge in [0.1, 0.15) is 0 Å². The molecule has 160 valence electrons. The first-order chi connectivity index (χ1) is 14.8. The fourth-order valence-electron chi connectivity index (χ4n) is 4.05. The highest BCUT2D eigenvalue weighted by Gasteiger charge is 2.35. The highest BCUT2D eigenvalue weighted by atomic mass is 16.5. The zero-order chi connectivity index (χ0) is 22.1. The smallest absolute Gasteiger partial charge is 0.338 e. The molecule has 0 saturated heterocycles. The molecule has 1 aliphatic heterocycles. The van der Waals surface area contributed by atoms with Crippen LogP contribution >= 0.6 is 0 Å². The number of fused-ring (bicyclic) bond motifs is 2. The van der Waals surface area contributed by atoms with Crippen LogP contribution in [0.3, 0.4) is 0 Å². The van der Waals surface area contributed by atoms with Crippen molar-refractivity contribution in [1.82, 2.24) is 4.90 Å². The van der Waals surface area contributed by atoms with Crippen molar-refractivity contribution in [1.29, 1.82) is 0 Å². The van der Waals surface area contributed by atoms with Crippen LogP contribution in [0.4, 0.5) is 0 Å². The SMILES string of the molecule is CC(C)CCN1C(=O)c2ccc(C(=O)OCC(=O)c3ccc4c(c3)CCC4)cc2C1=O. The molecule has 0 N–H and O–H groups in total. The minimum Gasteiger partial charge on any atom is -0.454 e. The van der Waals surface area contributed by atoms with Crippen molar-refractivity contribution >= 4 is 23.6 Å². The van der Waals surface area contributed by atoms with Crippen LogP contribution in [0, 0.1) is 5.92 Å². The maximum atomic E-state index is 12.6. The van der Waals surface area contributed by atoms with Crippen molar-refractivity contribution in [2.75, 3.05) is 13.2 Å². The Kier molecular flexibility index (Phi) is 5.72. The molecule has 0 atom stereocenters. The summed E-state index contributed by atoms with van der Waals surface area (Å²) < 4.78 is 5.19. The maximum Gasteiger partial charge on any atom is 0.338 e. The molecular formula is C25H25NO5. The number of carbonyl (C=O) groups excluding carboxylic acids is 4. The molecule has 1 heterocycles. The third-order valence-electron chi connectivity index (χ3n) is 5.89. The highest BCUT2D eigenvalue weighted by Crippen LogP contribution is 2.26. The van der Waals surface area contributed by atoms with E-state index in [4.69, 9.17) is 4.74 Å². The predicted molar refractivity (Wildman–Crippen MR) is 114 cm³/mol. The third kappa shape index (κ3) is 4.15. The fraction of sp³-hybridized carbons (Fsp3) is 0.360. The third-order valence-corrected chi connectivity index (χ3v) is 5.89. The number of benzene rings is 2. The van der Waals surface area contributed by atoms with Gasteiger partial charge in [0.25, 0.3) is 11.8 Å². The van der Waals surface area contributed by atoms with Gasteiger partial charge in [0, 0.05) is 12.1 Å². The summed E-state index contributed by atoms with van der Waals surface area (Å²) in [6.45, 7) is 4.02. The van der Waals surface area contributed by atoms with Crippen molar-refractivity contribution in [2.24, 2.45) is 5.92 Å². The Balaban J connectivity index is 1.42. The number of Topliss-reactive ketones (excluding diaryl/α,β-unsaturated/α-hetero) is 1. The largest absolute Gasteiger partial charge is 0.454 e. The van der Waals surface area contributed by atoms with Crippen LogP contribution in [0.5, 0.6) is 0 Å². The molecule has 31 heavy (non-hydrogen) atoms. The van der Waals surface area contributed by atoms with Gasteiger partial charge in [-0.05, 0) is 67.0 Å². The molecule has 0 unspecified atom stereocenters. The Hall–Kier alpha value is -3.28. The topological polar surface area (TPSA) is 80.8 Å². The van der Waals surface area contributed by atoms with Crippen LogP contribution in [0.15, 0.2) is 36.4 Å². The normalized spacial score (nSPS) is 14.7. The van der Waals surface area contributed by atoms with Crippen molar-refractivity contribution in [3.63, 3.8) is 0 Å². The number of aryl methyl sites for hydroxylation is 2. The lowest BCUT2D eigenvalue weighted by Gasteiger charge is -2.14. The molecular weight excluding hydrogens is 394 g/mol. The van der Waals surface area contributed by atoms with E-state index in [0.717, 1.165) is 19.3 Å². The number of carbonyl (C=O) groups is 4. The number of hydrogen-bond acceptors (Lipinski definition) is 5. The summed E-state index contributed by atoms with van der Waals surface area (Å²) in [5.41, 5.74) is 3.62. The summed E-state index contributed by atoms with van der Waals surface area (Å²) in [7, 11) is 0. The van der Waals surface area contributed by atoms with Gasteiger partial charge in [0.15, 0.2) is 12.4 Å². The van der Waals surface area contributed by atoms with Crippen LogP contribution in [0.2, 0.25) is 0 Å². The molecule has 1 aliphatic carbocycles. The van der Waals surface area contributed by atoms with Gasteiger partial charge in [0.2, 0.25) is 0 Å². The van der Waals surface area contributed by atoms with Crippen LogP contribution in [0.25, 0.3) is 0 Å². The zero-order valence-electron chi connectivity index (χ0n) is 17.8. The number of hydrogen-bond donors (Lipinski definition) is 0. The second-order valence-electron chi connectivity index (χ2n) is 8.54. The van der Waals surface area contributed by atoms with E-state index in [2.05, 4.69) is 0 Å². The lowest BCUT2D eigenvalue weighted by molar-refractivity contribution is 0.0474. The Morgan fingerprint density at radius 2 is 1.65 bits per heavy atom. The lowest BCUT2D eigenvalue weighted by Crippen LogP contribution is -2.31. The van der Waals surface area contributed by atoms with E-state index < -0.39 is 11.9 Å². The number of amides is 2. The lowest BCUT2D eigenvalue weighted by atomic mass is 10.0. The van der Waals surface area contributed by atoms with Gasteiger partial charge in [0.05, 0.1) is 16.7 Å². The van der Waals surface area contributed by atoms with E-state index in [1.165, 1.54) is 34.2 Å². The molecule has 0 radical (unpaired) electrons. The summed E-state index contributed by atoms with van der Waals surface area (Å²) in [5.74, 6) is -1.34. The maximum absolute atomic E-state index is 12.6. The molecule has 2 aliphatic rings. The second kappa shape index (κ2) is 8.46. The number of esters is 1. The molecule has 0 saturated carbocycles. The molecule has 0 aromatic heterocycles. The fourth-order valence-corrected chi connectivity index (χ4v) is 4.05. The summed E-state index contributed by atoms with van der Waals surface area (Å²) in [4.78, 5) is 51.3. The number of rotatable bonds is 7. The van der Waals surface area contributed by atoms with Gasteiger partial charge < -0.3 is 4.74 Å². The molecule has 0 fully saturated rings. The Bertz CT molecular complexity index is 1090. The summed E-state index contributed by atoms with van der Waals surface area (Å²) >= 11 is 0. The quantitative estimate of drug-likeness (QED) is 0.387. The first-order valence-corrected chi connectivity index (χ1v) is 10.7. The Morgan fingerprint density at radius 3 is 2.42 bits per heavy atom. The van der Waals surface area contributed by atoms with E-state index in [1.54, 1.807) is 6.07 Å². The van der Waals surface area contributed by atoms with Crippen LogP contribution in [-0.4, -0.2) is 41.6 Å². The number of nitrogens with zero attached hydrogens (tertiary/aromatic N) is 1. The number of ether oxygens (including phenoxy) is 1. The molecule has 0 bridgehead atoms. The van der Waals surface area contributed by atoms with Gasteiger partial charge in [-0.15, -0.1) is 0 Å². The highest BCUT2D eigenvalue weighted by molar-refractivity contribution is 6.22. The first kappa shape index (κ1) is 21.0. The molecule has 2 aromatic carbocycles. The monoisotopic (exact) mass is 419 g/mol. The molecule has 4 rings (SSSR count). The molecule has 6 nitrogen and oxygen atoms in total. The van der Waals surface area contributed by atoms with Crippen molar-refractivity contribution in [3.05, 3.63) is 69.8 Å². The molecule has 2 aromatic rings. The van der Waals surface area contributed by atoms with E-state index in [0.29, 0.717) is 30.0 Å². The van der Waals surface area contributed by atoms with Crippen molar-refractivity contribution in [3.8, 4) is 0 Å². The molecule has 0 spiro atoms. The van der Waals surface area contributed by atoms with Gasteiger partial charge in [-0.1, -0.05) is 26.0 Å². The zero-order valence-corrected chi connectivity index (χ0v) is 17.8. The van der Waals surface area contributed by atoms with Crippen LogP contribution in [0.1, 0.15) is 79.2 Å². The second-order valence-corrected chi connectivity index (χ2v) is 8.54. The minimum atomic E-state index is -0.696. The summed E-state index contributed by atoms with van der Waals surface area (Å²) in [6, 6.07) is 9.93. The van der Waals surface area contributed by atoms with Crippen LogP contribution in [-0.2, 0) is 17.6 Å². The van der Waals surface area contributed by atoms with Crippen LogP contribution < -0.4 is 0 Å².